The third kappa shape index (κ3) is 10.4. The topological polar surface area (TPSA) is 0 Å². The Labute approximate surface area is 273 Å². The van der Waals surface area contributed by atoms with Gasteiger partial charge < -0.3 is 0 Å². The average molecular weight is 659 g/mol. The van der Waals surface area contributed by atoms with Crippen LogP contribution >= 0.6 is 24.8 Å². The van der Waals surface area contributed by atoms with Gasteiger partial charge in [-0.05, 0) is 10.8 Å². The second-order valence-corrected chi connectivity index (χ2v) is 16.1. The Hall–Kier alpha value is -0.877. The first-order valence-electron chi connectivity index (χ1n) is 14.6. The van der Waals surface area contributed by atoms with E-state index in [0.717, 1.165) is 0 Å². The van der Waals surface area contributed by atoms with Crippen molar-refractivity contribution >= 4 is 49.6 Å². The first kappa shape index (κ1) is 37.1. The van der Waals surface area contributed by atoms with Crippen LogP contribution in [0.25, 0.3) is 21.5 Å². The average Bonchev–Trinajstić information content (AvgIpc) is 3.42. The molecule has 5 rings (SSSR count). The Kier molecular flexibility index (Phi) is 14.0. The molecule has 2 aliphatic rings. The summed E-state index contributed by atoms with van der Waals surface area (Å²) in [6, 6.07) is 16.1. The molecule has 1 fully saturated rings. The van der Waals surface area contributed by atoms with E-state index in [-0.39, 0.29) is 35.6 Å². The Balaban J connectivity index is 0.000000351. The number of fused-ring (bicyclic) bond motifs is 3. The molecular weight excluding hydrogens is 607 g/mol. The standard InChI is InChI=1S/C21H25.C10H15.C6H10.2ClH.Zr/c1-20(2,3)16-9-7-14-11-15-8-10-17(21(4,5)6)13-19(15)18(14)12-16;1-8-5-6-9(7-8)10(2,3)4;1-2-4-6-5-3-1;;;/h7-13H,1-6H3;6-8H,1-4H3;1-5H2;2*1H;/q2*-1;;;;+2. The van der Waals surface area contributed by atoms with E-state index >= 15 is 0 Å². The van der Waals surface area contributed by atoms with E-state index in [1.807, 2.05) is 0 Å². The summed E-state index contributed by atoms with van der Waals surface area (Å²) < 4.78 is 1.80. The van der Waals surface area contributed by atoms with Crippen molar-refractivity contribution in [3.63, 3.8) is 0 Å². The number of rotatable bonds is 0. The van der Waals surface area contributed by atoms with Gasteiger partial charge in [-0.2, -0.15) is 11.6 Å². The zero-order valence-electron chi connectivity index (χ0n) is 26.6. The van der Waals surface area contributed by atoms with E-state index in [0.29, 0.717) is 11.3 Å². The van der Waals surface area contributed by atoms with Crippen molar-refractivity contribution in [2.24, 2.45) is 11.3 Å². The molecule has 1 unspecified atom stereocenters. The van der Waals surface area contributed by atoms with Gasteiger partial charge in [0.2, 0.25) is 0 Å². The van der Waals surface area contributed by atoms with Crippen molar-refractivity contribution in [2.45, 2.75) is 112 Å². The van der Waals surface area contributed by atoms with Crippen LogP contribution in [0.1, 0.15) is 112 Å². The SMILES string of the molecule is CC(C)(C)c1ccc2[cH-]c3ccc(C(C)(C)C)cc3c2c1.CC1[C-]=CC(C(C)(C)C)=C1.Cl.Cl.[Zr+2]=[C]1CCCCC1. The van der Waals surface area contributed by atoms with Crippen molar-refractivity contribution in [3.05, 3.63) is 77.4 Å². The van der Waals surface area contributed by atoms with Gasteiger partial charge in [0.1, 0.15) is 0 Å². The number of hydrogen-bond donors (Lipinski definition) is 0. The molecule has 3 heteroatoms. The van der Waals surface area contributed by atoms with Crippen LogP contribution in [0.15, 0.2) is 60.2 Å². The van der Waals surface area contributed by atoms with E-state index in [2.05, 4.69) is 130 Å². The molecule has 0 heterocycles. The minimum absolute atomic E-state index is 0. The summed E-state index contributed by atoms with van der Waals surface area (Å²) in [5.74, 6) is 0.522. The van der Waals surface area contributed by atoms with E-state index in [1.165, 1.54) is 70.3 Å². The van der Waals surface area contributed by atoms with Gasteiger partial charge in [-0.25, -0.2) is 6.08 Å². The molecule has 0 bridgehead atoms. The molecule has 0 nitrogen and oxygen atoms in total. The summed E-state index contributed by atoms with van der Waals surface area (Å²) in [5.41, 5.74) is 4.92. The van der Waals surface area contributed by atoms with Crippen molar-refractivity contribution < 1.29 is 24.2 Å². The van der Waals surface area contributed by atoms with Crippen LogP contribution in [0.4, 0.5) is 0 Å². The van der Waals surface area contributed by atoms with Crippen LogP contribution in [-0.2, 0) is 35.1 Å². The molecule has 3 aromatic rings. The molecule has 2 aliphatic carbocycles. The predicted octanol–water partition coefficient (Wildman–Crippen LogP) is 11.8. The van der Waals surface area contributed by atoms with Gasteiger partial charge in [0.25, 0.3) is 0 Å². The summed E-state index contributed by atoms with van der Waals surface area (Å²) >= 11 is 1.69. The first-order valence-corrected chi connectivity index (χ1v) is 15.8. The fourth-order valence-electron chi connectivity index (χ4n) is 4.96. The third-order valence-corrected chi connectivity index (χ3v) is 8.92. The summed E-state index contributed by atoms with van der Waals surface area (Å²) in [4.78, 5) is 0. The van der Waals surface area contributed by atoms with Crippen molar-refractivity contribution in [3.8, 4) is 0 Å². The Morgan fingerprint density at radius 3 is 1.43 bits per heavy atom. The van der Waals surface area contributed by atoms with Crippen LogP contribution in [0.5, 0.6) is 0 Å². The van der Waals surface area contributed by atoms with Gasteiger partial charge >= 0.3 is 59.5 Å². The molecule has 0 spiro atoms. The molecular formula is C37H52Cl2Zr. The fourth-order valence-corrected chi connectivity index (χ4v) is 5.83. The summed E-state index contributed by atoms with van der Waals surface area (Å²) in [6.45, 7) is 22.5. The van der Waals surface area contributed by atoms with Crippen LogP contribution in [0, 0.1) is 17.4 Å². The molecule has 0 saturated heterocycles. The van der Waals surface area contributed by atoms with E-state index in [1.54, 1.807) is 27.4 Å². The molecule has 0 aromatic heterocycles. The molecule has 3 aromatic carbocycles. The van der Waals surface area contributed by atoms with Gasteiger partial charge in [0, 0.05) is 0 Å². The number of halogens is 2. The van der Waals surface area contributed by atoms with E-state index < -0.39 is 0 Å². The van der Waals surface area contributed by atoms with E-state index in [4.69, 9.17) is 0 Å². The summed E-state index contributed by atoms with van der Waals surface area (Å²) in [6.07, 6.45) is 15.0. The van der Waals surface area contributed by atoms with Crippen LogP contribution in [0.2, 0.25) is 0 Å². The quantitative estimate of drug-likeness (QED) is 0.211. The zero-order valence-corrected chi connectivity index (χ0v) is 30.7. The maximum atomic E-state index is 3.26. The molecule has 0 amide bonds. The van der Waals surface area contributed by atoms with Crippen molar-refractivity contribution in [1.29, 1.82) is 0 Å². The maximum absolute atomic E-state index is 3.26. The summed E-state index contributed by atoms with van der Waals surface area (Å²) in [5, 5.41) is 5.49. The molecule has 40 heavy (non-hydrogen) atoms. The Bertz CT molecular complexity index is 1240. The van der Waals surface area contributed by atoms with Crippen LogP contribution < -0.4 is 0 Å². The van der Waals surface area contributed by atoms with Gasteiger partial charge in [-0.1, -0.05) is 116 Å². The zero-order chi connectivity index (χ0) is 28.3. The molecule has 0 N–H and O–H groups in total. The normalized spacial score (nSPS) is 17.2. The fraction of sp³-hybridized carbons (Fsp3) is 0.514. The first-order chi connectivity index (χ1) is 17.6. The number of benzene rings is 2. The number of allylic oxidation sites excluding steroid dienone is 4. The molecule has 218 valence electrons. The molecule has 0 aliphatic heterocycles. The van der Waals surface area contributed by atoms with Gasteiger partial charge in [0.05, 0.1) is 0 Å². The molecule has 1 atom stereocenters. The second-order valence-electron chi connectivity index (χ2n) is 14.4. The second kappa shape index (κ2) is 15.0. The van der Waals surface area contributed by atoms with Crippen LogP contribution in [-0.4, -0.2) is 3.21 Å². The Morgan fingerprint density at radius 2 is 1.15 bits per heavy atom. The Morgan fingerprint density at radius 1 is 0.700 bits per heavy atom. The van der Waals surface area contributed by atoms with Crippen LogP contribution in [0.3, 0.4) is 0 Å². The van der Waals surface area contributed by atoms with Crippen molar-refractivity contribution in [2.75, 3.05) is 0 Å². The predicted molar refractivity (Wildman–Crippen MR) is 182 cm³/mol. The minimum atomic E-state index is 0. The molecule has 1 saturated carbocycles. The number of hydrogen-bond acceptors (Lipinski definition) is 0. The van der Waals surface area contributed by atoms with Gasteiger partial charge in [-0.15, -0.1) is 64.6 Å². The van der Waals surface area contributed by atoms with Gasteiger partial charge in [0.15, 0.2) is 0 Å². The third-order valence-electron chi connectivity index (χ3n) is 7.69. The monoisotopic (exact) mass is 656 g/mol. The van der Waals surface area contributed by atoms with E-state index in [9.17, 15) is 0 Å². The van der Waals surface area contributed by atoms with Gasteiger partial charge in [-0.3, -0.25) is 6.08 Å². The summed E-state index contributed by atoms with van der Waals surface area (Å²) in [7, 11) is 0. The van der Waals surface area contributed by atoms with Crippen molar-refractivity contribution in [1.82, 2.24) is 0 Å². The molecule has 0 radical (unpaired) electrons.